The topological polar surface area (TPSA) is 51.2 Å². The normalized spacial score (nSPS) is 7.11. The van der Waals surface area contributed by atoms with Gasteiger partial charge < -0.3 is 9.59 Å². The van der Waals surface area contributed by atoms with Gasteiger partial charge in [0.05, 0.1) is 12.8 Å². The standard InChI is InChI=1S/C5H6O3.Rh/c6-3-1-5(8)2-4-7;/h3-4H,1-2H2;. The molecule has 0 N–H and O–H groups in total. The molecule has 0 rings (SSSR count). The van der Waals surface area contributed by atoms with Crippen molar-refractivity contribution in [2.75, 3.05) is 0 Å². The zero-order chi connectivity index (χ0) is 6.41. The van der Waals surface area contributed by atoms with E-state index in [4.69, 9.17) is 0 Å². The predicted octanol–water partition coefficient (Wildman–Crippen LogP) is -0.269. The smallest absolute Gasteiger partial charge is 0.147 e. The fraction of sp³-hybridized carbons (Fsp3) is 0.400. The Morgan fingerprint density at radius 2 is 1.44 bits per heavy atom. The second-order valence-electron chi connectivity index (χ2n) is 1.28. The third kappa shape index (κ3) is 7.63. The number of rotatable bonds is 4. The summed E-state index contributed by atoms with van der Waals surface area (Å²) in [7, 11) is 0. The molecule has 0 fully saturated rings. The second kappa shape index (κ2) is 7.63. The number of hydrogen-bond donors (Lipinski definition) is 0. The molecule has 0 aromatic rings. The van der Waals surface area contributed by atoms with Crippen LogP contribution in [0.15, 0.2) is 0 Å². The van der Waals surface area contributed by atoms with Gasteiger partial charge in [0.2, 0.25) is 0 Å². The van der Waals surface area contributed by atoms with Crippen molar-refractivity contribution in [2.45, 2.75) is 12.8 Å². The zero-order valence-corrected chi connectivity index (χ0v) is 6.27. The van der Waals surface area contributed by atoms with Gasteiger partial charge in [0.15, 0.2) is 0 Å². The van der Waals surface area contributed by atoms with Gasteiger partial charge in [-0.05, 0) is 0 Å². The van der Waals surface area contributed by atoms with E-state index in [1.807, 2.05) is 0 Å². The first kappa shape index (κ1) is 11.4. The molecule has 0 saturated carbocycles. The molecular weight excluding hydrogens is 211 g/mol. The van der Waals surface area contributed by atoms with Gasteiger partial charge in [-0.3, -0.25) is 4.79 Å². The van der Waals surface area contributed by atoms with Crippen LogP contribution in [0.1, 0.15) is 12.8 Å². The van der Waals surface area contributed by atoms with Gasteiger partial charge >= 0.3 is 0 Å². The number of ketones is 1. The predicted molar refractivity (Wildman–Crippen MR) is 26.4 cm³/mol. The van der Waals surface area contributed by atoms with Crippen LogP contribution in [-0.2, 0) is 33.9 Å². The van der Waals surface area contributed by atoms with Crippen LogP contribution >= 0.6 is 0 Å². The van der Waals surface area contributed by atoms with Gasteiger partial charge in [0.25, 0.3) is 0 Å². The van der Waals surface area contributed by atoms with Crippen molar-refractivity contribution in [2.24, 2.45) is 0 Å². The number of hydrogen-bond acceptors (Lipinski definition) is 3. The van der Waals surface area contributed by atoms with Gasteiger partial charge in [0, 0.05) is 19.5 Å². The van der Waals surface area contributed by atoms with Crippen molar-refractivity contribution < 1.29 is 33.9 Å². The minimum atomic E-state index is -0.324. The van der Waals surface area contributed by atoms with Crippen LogP contribution in [-0.4, -0.2) is 18.4 Å². The molecule has 0 heterocycles. The third-order valence-corrected chi connectivity index (χ3v) is 0.622. The van der Waals surface area contributed by atoms with Crippen molar-refractivity contribution >= 4 is 18.4 Å². The Morgan fingerprint density at radius 3 is 1.67 bits per heavy atom. The number of aldehydes is 2. The quantitative estimate of drug-likeness (QED) is 0.370. The van der Waals surface area contributed by atoms with Crippen LogP contribution in [0.25, 0.3) is 0 Å². The molecule has 0 unspecified atom stereocenters. The molecule has 53 valence electrons. The summed E-state index contributed by atoms with van der Waals surface area (Å²) in [5.41, 5.74) is 0. The van der Waals surface area contributed by atoms with Crippen LogP contribution < -0.4 is 0 Å². The molecule has 1 radical (unpaired) electrons. The van der Waals surface area contributed by atoms with E-state index in [0.717, 1.165) is 0 Å². The van der Waals surface area contributed by atoms with Gasteiger partial charge in [0.1, 0.15) is 18.4 Å². The van der Waals surface area contributed by atoms with Crippen molar-refractivity contribution in [3.05, 3.63) is 0 Å². The molecule has 0 aromatic heterocycles. The van der Waals surface area contributed by atoms with E-state index < -0.39 is 0 Å². The van der Waals surface area contributed by atoms with Crippen LogP contribution in [0, 0.1) is 0 Å². The van der Waals surface area contributed by atoms with Crippen LogP contribution in [0.4, 0.5) is 0 Å². The average molecular weight is 217 g/mol. The maximum Gasteiger partial charge on any atom is 0.147 e. The Morgan fingerprint density at radius 1 is 1.11 bits per heavy atom. The van der Waals surface area contributed by atoms with Crippen LogP contribution in [0.2, 0.25) is 0 Å². The van der Waals surface area contributed by atoms with Crippen LogP contribution in [0.3, 0.4) is 0 Å². The van der Waals surface area contributed by atoms with E-state index in [2.05, 4.69) is 0 Å². The Kier molecular flexibility index (Phi) is 9.70. The molecule has 0 saturated heterocycles. The first-order valence-corrected chi connectivity index (χ1v) is 2.20. The molecular formula is C5H6O3Rh. The molecule has 0 bridgehead atoms. The van der Waals surface area contributed by atoms with Gasteiger partial charge in [-0.25, -0.2) is 0 Å². The number of carbonyl (C=O) groups is 3. The molecule has 0 atom stereocenters. The van der Waals surface area contributed by atoms with Crippen molar-refractivity contribution in [3.8, 4) is 0 Å². The molecule has 9 heavy (non-hydrogen) atoms. The van der Waals surface area contributed by atoms with Crippen LogP contribution in [0.5, 0.6) is 0 Å². The van der Waals surface area contributed by atoms with E-state index in [1.54, 1.807) is 0 Å². The average Bonchev–Trinajstić information content (AvgIpc) is 1.68. The fourth-order valence-electron chi connectivity index (χ4n) is 0.269. The van der Waals surface area contributed by atoms with Gasteiger partial charge in [-0.1, -0.05) is 0 Å². The van der Waals surface area contributed by atoms with E-state index in [1.165, 1.54) is 0 Å². The molecule has 0 aromatic carbocycles. The Labute approximate surface area is 65.6 Å². The minimum absolute atomic E-state index is 0. The maximum atomic E-state index is 10.2. The van der Waals surface area contributed by atoms with Gasteiger partial charge in [-0.15, -0.1) is 0 Å². The molecule has 0 spiro atoms. The number of carbonyl (C=O) groups excluding carboxylic acids is 3. The molecule has 3 nitrogen and oxygen atoms in total. The first-order chi connectivity index (χ1) is 3.81. The second-order valence-corrected chi connectivity index (χ2v) is 1.28. The monoisotopic (exact) mass is 217 g/mol. The molecule has 0 aliphatic carbocycles. The van der Waals surface area contributed by atoms with E-state index in [-0.39, 0.29) is 38.1 Å². The molecule has 0 aliphatic heterocycles. The summed E-state index contributed by atoms with van der Waals surface area (Å²) in [4.78, 5) is 29.3. The third-order valence-electron chi connectivity index (χ3n) is 0.622. The van der Waals surface area contributed by atoms with E-state index in [0.29, 0.717) is 12.6 Å². The zero-order valence-electron chi connectivity index (χ0n) is 4.63. The van der Waals surface area contributed by atoms with Crippen molar-refractivity contribution in [3.63, 3.8) is 0 Å². The van der Waals surface area contributed by atoms with Crippen molar-refractivity contribution in [1.82, 2.24) is 0 Å². The minimum Gasteiger partial charge on any atom is -0.303 e. The molecule has 0 amide bonds. The Balaban J connectivity index is 0. The fourth-order valence-corrected chi connectivity index (χ4v) is 0.269. The summed E-state index contributed by atoms with van der Waals surface area (Å²) in [5.74, 6) is -0.324. The summed E-state index contributed by atoms with van der Waals surface area (Å²) in [6.07, 6.45) is 0.704. The molecule has 4 heteroatoms. The first-order valence-electron chi connectivity index (χ1n) is 2.20. The van der Waals surface area contributed by atoms with Gasteiger partial charge in [-0.2, -0.15) is 0 Å². The summed E-state index contributed by atoms with van der Waals surface area (Å²) in [6.45, 7) is 0. The summed E-state index contributed by atoms with van der Waals surface area (Å²) >= 11 is 0. The summed E-state index contributed by atoms with van der Waals surface area (Å²) < 4.78 is 0. The molecule has 0 aliphatic rings. The maximum absolute atomic E-state index is 10.2. The van der Waals surface area contributed by atoms with E-state index >= 15 is 0 Å². The Bertz CT molecular complexity index is 98.8. The Hall–Kier alpha value is -0.367. The van der Waals surface area contributed by atoms with E-state index in [9.17, 15) is 14.4 Å². The summed E-state index contributed by atoms with van der Waals surface area (Å²) in [5, 5.41) is 0. The SMILES string of the molecule is O=CCC(=O)CC=O.[Rh]. The summed E-state index contributed by atoms with van der Waals surface area (Å²) in [6, 6.07) is 0. The largest absolute Gasteiger partial charge is 0.303 e. The van der Waals surface area contributed by atoms with Crippen molar-refractivity contribution in [1.29, 1.82) is 0 Å². The number of Topliss-reactive ketones (excluding diaryl/α,β-unsaturated/α-hetero) is 1.